The molecule has 4 aliphatic rings. The van der Waals surface area contributed by atoms with Crippen LogP contribution in [0.25, 0.3) is 28.1 Å². The molecule has 13 nitrogen and oxygen atoms in total. The minimum Gasteiger partial charge on any atom is -0.372 e. The highest BCUT2D eigenvalue weighted by molar-refractivity contribution is 7.90. The Labute approximate surface area is 367 Å². The third kappa shape index (κ3) is 8.94. The summed E-state index contributed by atoms with van der Waals surface area (Å²) in [5.41, 5.74) is 5.64. The second-order valence-electron chi connectivity index (χ2n) is 16.9. The molecule has 16 heteroatoms. The number of hydrogen-bond donors (Lipinski definition) is 2. The van der Waals surface area contributed by atoms with Crippen molar-refractivity contribution in [2.24, 2.45) is 5.92 Å². The van der Waals surface area contributed by atoms with E-state index >= 15 is 4.39 Å². The van der Waals surface area contributed by atoms with Crippen LogP contribution in [0.4, 0.5) is 21.5 Å². The predicted molar refractivity (Wildman–Crippen MR) is 240 cm³/mol. The quantitative estimate of drug-likeness (QED) is 0.133. The van der Waals surface area contributed by atoms with Gasteiger partial charge in [0.05, 0.1) is 17.3 Å². The fourth-order valence-corrected chi connectivity index (χ4v) is 10.9. The van der Waals surface area contributed by atoms with Crippen LogP contribution >= 0.6 is 11.6 Å². The lowest BCUT2D eigenvalue weighted by molar-refractivity contribution is -0.134. The van der Waals surface area contributed by atoms with E-state index in [0.717, 1.165) is 87.5 Å². The number of nitrogens with one attached hydrogen (secondary N) is 2. The topological polar surface area (TPSA) is 136 Å². The van der Waals surface area contributed by atoms with Gasteiger partial charge in [-0.3, -0.25) is 29.5 Å². The summed E-state index contributed by atoms with van der Waals surface area (Å²) >= 11 is 6.52. The number of benzene rings is 3. The maximum atomic E-state index is 16.4. The van der Waals surface area contributed by atoms with Crippen LogP contribution in [0.1, 0.15) is 56.9 Å². The molecule has 0 bridgehead atoms. The molecule has 0 aliphatic carbocycles. The van der Waals surface area contributed by atoms with Crippen molar-refractivity contribution >= 4 is 50.7 Å². The summed E-state index contributed by atoms with van der Waals surface area (Å²) in [5, 5.41) is 7.57. The first-order valence-electron chi connectivity index (χ1n) is 21.5. The smallest absolute Gasteiger partial charge is 0.301 e. The first-order chi connectivity index (χ1) is 30.0. The molecule has 0 radical (unpaired) electrons. The van der Waals surface area contributed by atoms with Gasteiger partial charge in [0.1, 0.15) is 5.69 Å². The SMILES string of the molecule is C[C@@H]1CN(c2ccc(-n3cc(-c4cc(Cl)cc(NS(=O)(=O)N5CCCC5)c4F)c(-c4ccncc4)n3)cc2)CCN1CC1CCN(c2ccc([C@H]3CCC(=O)NC3=O)cc2)CC1. The Kier molecular flexibility index (Phi) is 12.0. The zero-order valence-electron chi connectivity index (χ0n) is 34.7. The van der Waals surface area contributed by atoms with Crippen molar-refractivity contribution in [3.63, 3.8) is 0 Å². The Hall–Kier alpha value is -5.35. The molecule has 9 rings (SSSR count). The van der Waals surface area contributed by atoms with Crippen molar-refractivity contribution in [2.45, 2.75) is 57.4 Å². The van der Waals surface area contributed by atoms with Gasteiger partial charge in [0.15, 0.2) is 5.82 Å². The standard InChI is InChI=1S/C46H51ClFN9O4S/c1-31-28-55(25-24-54(31)29-32-16-22-53(23-17-32)36-6-4-33(5-7-36)39-12-13-43(58)50-46(39)59)37-8-10-38(11-9-37)57-30-41(45(51-57)34-14-18-49-19-15-34)40-26-35(47)27-42(44(40)48)52-62(60,61)56-20-2-3-21-56/h4-11,14-15,18-19,26-27,30-32,39,52H,2-3,12-13,16-17,20-25,28-29H2,1H3,(H,50,58,59)/t31-,39-/m1/s1. The average molecular weight is 880 g/mol. The number of piperazine rings is 1. The van der Waals surface area contributed by atoms with Crippen LogP contribution in [0.5, 0.6) is 0 Å². The lowest BCUT2D eigenvalue weighted by Crippen LogP contribution is -2.53. The van der Waals surface area contributed by atoms with E-state index in [0.29, 0.717) is 49.1 Å². The molecule has 2 amide bonds. The lowest BCUT2D eigenvalue weighted by Gasteiger charge is -2.43. The molecule has 6 heterocycles. The number of amides is 2. The summed E-state index contributed by atoms with van der Waals surface area (Å²) in [6.07, 6.45) is 9.77. The summed E-state index contributed by atoms with van der Waals surface area (Å²) in [4.78, 5) is 35.6. The van der Waals surface area contributed by atoms with Gasteiger partial charge in [-0.1, -0.05) is 23.7 Å². The number of anilines is 3. The summed E-state index contributed by atoms with van der Waals surface area (Å²) in [6.45, 7) is 8.96. The molecule has 2 N–H and O–H groups in total. The van der Waals surface area contributed by atoms with E-state index < -0.39 is 16.0 Å². The molecule has 0 spiro atoms. The van der Waals surface area contributed by atoms with Gasteiger partial charge in [-0.15, -0.1) is 0 Å². The van der Waals surface area contributed by atoms with Crippen molar-refractivity contribution in [1.29, 1.82) is 0 Å². The molecule has 4 fully saturated rings. The molecule has 62 heavy (non-hydrogen) atoms. The van der Waals surface area contributed by atoms with E-state index in [9.17, 15) is 18.0 Å². The molecular formula is C46H51ClFN9O4S. The third-order valence-corrected chi connectivity index (χ3v) is 14.6. The Morgan fingerprint density at radius 1 is 0.823 bits per heavy atom. The number of halogens is 2. The minimum atomic E-state index is -3.96. The van der Waals surface area contributed by atoms with Crippen LogP contribution in [-0.2, 0) is 19.8 Å². The van der Waals surface area contributed by atoms with E-state index in [1.807, 2.05) is 24.3 Å². The van der Waals surface area contributed by atoms with E-state index in [1.54, 1.807) is 35.4 Å². The molecule has 0 unspecified atom stereocenters. The normalized spacial score (nSPS) is 20.8. The molecule has 0 saturated carbocycles. The van der Waals surface area contributed by atoms with Gasteiger partial charge in [-0.25, -0.2) is 9.07 Å². The molecule has 2 aromatic heterocycles. The van der Waals surface area contributed by atoms with Gasteiger partial charge in [0.25, 0.3) is 0 Å². The van der Waals surface area contributed by atoms with Crippen molar-refractivity contribution in [3.8, 4) is 28.1 Å². The molecule has 2 atom stereocenters. The van der Waals surface area contributed by atoms with Crippen LogP contribution in [-0.4, -0.2) is 103 Å². The van der Waals surface area contributed by atoms with Crippen molar-refractivity contribution in [2.75, 3.05) is 66.9 Å². The van der Waals surface area contributed by atoms with Crippen LogP contribution in [0, 0.1) is 11.7 Å². The number of carbonyl (C=O) groups is 2. The number of rotatable bonds is 11. The van der Waals surface area contributed by atoms with Gasteiger partial charge >= 0.3 is 10.2 Å². The van der Waals surface area contributed by atoms with Crippen molar-refractivity contribution in [1.82, 2.24) is 29.3 Å². The number of aromatic nitrogens is 3. The molecule has 4 saturated heterocycles. The number of pyridine rings is 1. The van der Waals surface area contributed by atoms with E-state index in [4.69, 9.17) is 16.7 Å². The maximum absolute atomic E-state index is 16.4. The summed E-state index contributed by atoms with van der Waals surface area (Å²) in [5.74, 6) is -0.762. The van der Waals surface area contributed by atoms with Crippen molar-refractivity contribution in [3.05, 3.63) is 108 Å². The summed E-state index contributed by atoms with van der Waals surface area (Å²) < 4.78 is 48.1. The predicted octanol–water partition coefficient (Wildman–Crippen LogP) is 7.09. The van der Waals surface area contributed by atoms with Crippen LogP contribution in [0.15, 0.2) is 91.4 Å². The fourth-order valence-electron chi connectivity index (χ4n) is 9.37. The van der Waals surface area contributed by atoms with Crippen LogP contribution < -0.4 is 19.8 Å². The van der Waals surface area contributed by atoms with Gasteiger partial charge in [-0.2, -0.15) is 17.8 Å². The van der Waals surface area contributed by atoms with Gasteiger partial charge in [0, 0.05) is 116 Å². The molecule has 3 aromatic carbocycles. The highest BCUT2D eigenvalue weighted by atomic mass is 35.5. The zero-order valence-corrected chi connectivity index (χ0v) is 36.3. The third-order valence-electron chi connectivity index (χ3n) is 12.9. The van der Waals surface area contributed by atoms with Crippen molar-refractivity contribution < 1.29 is 22.4 Å². The van der Waals surface area contributed by atoms with E-state index in [2.05, 4.69) is 60.9 Å². The lowest BCUT2D eigenvalue weighted by atomic mass is 9.90. The number of piperidine rings is 2. The number of hydrogen-bond acceptors (Lipinski definition) is 9. The first kappa shape index (κ1) is 42.0. The molecular weight excluding hydrogens is 829 g/mol. The first-order valence-corrected chi connectivity index (χ1v) is 23.4. The Morgan fingerprint density at radius 3 is 2.19 bits per heavy atom. The Bertz CT molecular complexity index is 2530. The highest BCUT2D eigenvalue weighted by Gasteiger charge is 2.31. The number of imide groups is 1. The molecule has 4 aliphatic heterocycles. The van der Waals surface area contributed by atoms with Gasteiger partial charge < -0.3 is 9.80 Å². The highest BCUT2D eigenvalue weighted by Crippen LogP contribution is 2.39. The van der Waals surface area contributed by atoms with Crippen LogP contribution in [0.3, 0.4) is 0 Å². The Balaban J connectivity index is 0.838. The fraction of sp³-hybridized carbons (Fsp3) is 0.391. The average Bonchev–Trinajstić information content (AvgIpc) is 3.99. The Morgan fingerprint density at radius 2 is 1.50 bits per heavy atom. The van der Waals surface area contributed by atoms with Crippen LogP contribution in [0.2, 0.25) is 5.02 Å². The maximum Gasteiger partial charge on any atom is 0.301 e. The number of carbonyl (C=O) groups excluding carboxylic acids is 2. The zero-order chi connectivity index (χ0) is 43.0. The molecule has 324 valence electrons. The van der Waals surface area contributed by atoms with Gasteiger partial charge in [-0.05, 0) is 111 Å². The van der Waals surface area contributed by atoms with Gasteiger partial charge in [0.2, 0.25) is 11.8 Å². The summed E-state index contributed by atoms with van der Waals surface area (Å²) in [6, 6.07) is 23.3. The second kappa shape index (κ2) is 17.8. The molecule has 5 aromatic rings. The largest absolute Gasteiger partial charge is 0.372 e. The monoisotopic (exact) mass is 879 g/mol. The summed E-state index contributed by atoms with van der Waals surface area (Å²) in [7, 11) is -3.96. The van der Waals surface area contributed by atoms with E-state index in [-0.39, 0.29) is 34.0 Å². The number of nitrogens with zero attached hydrogens (tertiary/aromatic N) is 7. The van der Waals surface area contributed by atoms with E-state index in [1.165, 1.54) is 22.1 Å². The minimum absolute atomic E-state index is 0.127. The second-order valence-corrected chi connectivity index (χ2v) is 19.0.